The summed E-state index contributed by atoms with van der Waals surface area (Å²) >= 11 is 0. The molecule has 1 N–H and O–H groups in total. The summed E-state index contributed by atoms with van der Waals surface area (Å²) in [6, 6.07) is 12.4. The lowest BCUT2D eigenvalue weighted by Crippen LogP contribution is -2.35. The third-order valence-electron chi connectivity index (χ3n) is 4.57. The number of carbonyl (C=O) groups excluding carboxylic acids is 1. The molecule has 0 radical (unpaired) electrons. The summed E-state index contributed by atoms with van der Waals surface area (Å²) < 4.78 is 32.9. The first-order chi connectivity index (χ1) is 12.9. The van der Waals surface area contributed by atoms with Crippen LogP contribution in [0.25, 0.3) is 0 Å². The van der Waals surface area contributed by atoms with Crippen molar-refractivity contribution >= 4 is 27.3 Å². The fourth-order valence-electron chi connectivity index (χ4n) is 3.29. The average molecular weight is 388 g/mol. The highest BCUT2D eigenvalue weighted by Crippen LogP contribution is 2.31. The third kappa shape index (κ3) is 4.60. The summed E-state index contributed by atoms with van der Waals surface area (Å²) in [5.74, 6) is 0.511. The van der Waals surface area contributed by atoms with Crippen LogP contribution in [0.15, 0.2) is 42.5 Å². The molecule has 0 unspecified atom stereocenters. The number of rotatable bonds is 6. The van der Waals surface area contributed by atoms with E-state index >= 15 is 0 Å². The number of benzene rings is 2. The zero-order valence-electron chi connectivity index (χ0n) is 15.6. The normalized spacial score (nSPS) is 13.8. The van der Waals surface area contributed by atoms with Gasteiger partial charge in [-0.25, -0.2) is 8.42 Å². The van der Waals surface area contributed by atoms with Crippen LogP contribution in [0.3, 0.4) is 0 Å². The molecule has 1 amide bonds. The zero-order valence-corrected chi connectivity index (χ0v) is 16.4. The highest BCUT2D eigenvalue weighted by Gasteiger charge is 2.22. The Kier molecular flexibility index (Phi) is 5.70. The molecular formula is C20H24N2O4S. The maximum Gasteiger partial charge on any atom is 0.236 e. The summed E-state index contributed by atoms with van der Waals surface area (Å²) in [4.78, 5) is 14.0. The maximum absolute atomic E-state index is 12.6. The molecule has 0 aliphatic carbocycles. The van der Waals surface area contributed by atoms with Gasteiger partial charge in [-0.15, -0.1) is 0 Å². The Morgan fingerprint density at radius 1 is 1.22 bits per heavy atom. The number of sulfonamides is 1. The molecule has 0 saturated carbocycles. The predicted molar refractivity (Wildman–Crippen MR) is 107 cm³/mol. The Bertz CT molecular complexity index is 941. The number of amides is 1. The van der Waals surface area contributed by atoms with Crippen LogP contribution in [0.1, 0.15) is 30.9 Å². The number of hydrogen-bond acceptors (Lipinski definition) is 4. The van der Waals surface area contributed by atoms with E-state index in [-0.39, 0.29) is 11.7 Å². The minimum absolute atomic E-state index is 0.0485. The number of hydrogen-bond donors (Lipinski definition) is 1. The van der Waals surface area contributed by atoms with Gasteiger partial charge in [0.1, 0.15) is 5.75 Å². The second-order valence-corrected chi connectivity index (χ2v) is 8.28. The van der Waals surface area contributed by atoms with Crippen molar-refractivity contribution < 1.29 is 17.9 Å². The van der Waals surface area contributed by atoms with Gasteiger partial charge in [-0.3, -0.25) is 9.52 Å². The molecule has 0 atom stereocenters. The fraction of sp³-hybridized carbons (Fsp3) is 0.350. The molecule has 0 bridgehead atoms. The van der Waals surface area contributed by atoms with Gasteiger partial charge in [-0.1, -0.05) is 25.1 Å². The number of nitrogens with zero attached hydrogens (tertiary/aromatic N) is 1. The first kappa shape index (κ1) is 19.2. The summed E-state index contributed by atoms with van der Waals surface area (Å²) in [6.45, 7) is 2.50. The summed E-state index contributed by atoms with van der Waals surface area (Å²) in [5, 5.41) is 0. The van der Waals surface area contributed by atoms with E-state index in [0.29, 0.717) is 30.0 Å². The molecule has 3 rings (SSSR count). The number of methoxy groups -OCH3 is 1. The third-order valence-corrected chi connectivity index (χ3v) is 5.83. The molecule has 0 fully saturated rings. The molecule has 6 nitrogen and oxygen atoms in total. The van der Waals surface area contributed by atoms with Crippen LogP contribution in [0.5, 0.6) is 5.75 Å². The predicted octanol–water partition coefficient (Wildman–Crippen LogP) is 3.33. The van der Waals surface area contributed by atoms with E-state index in [2.05, 4.69) is 4.72 Å². The molecular weight excluding hydrogens is 364 g/mol. The van der Waals surface area contributed by atoms with Crippen molar-refractivity contribution in [2.75, 3.05) is 23.3 Å². The first-order valence-electron chi connectivity index (χ1n) is 8.98. The summed E-state index contributed by atoms with van der Waals surface area (Å²) in [5.41, 5.74) is 2.98. The van der Waals surface area contributed by atoms with Gasteiger partial charge in [0.25, 0.3) is 0 Å². The molecule has 7 heteroatoms. The quantitative estimate of drug-likeness (QED) is 0.824. The van der Waals surface area contributed by atoms with Crippen molar-refractivity contribution in [3.05, 3.63) is 53.6 Å². The summed E-state index contributed by atoms with van der Waals surface area (Å²) in [7, 11) is -2.05. The fourth-order valence-corrected chi connectivity index (χ4v) is 4.46. The van der Waals surface area contributed by atoms with Crippen LogP contribution < -0.4 is 14.4 Å². The molecule has 144 valence electrons. The van der Waals surface area contributed by atoms with Crippen LogP contribution in [0.4, 0.5) is 11.4 Å². The van der Waals surface area contributed by atoms with Gasteiger partial charge in [0.05, 0.1) is 18.6 Å². The number of aryl methyl sites for hydroxylation is 1. The zero-order chi connectivity index (χ0) is 19.4. The Labute approximate surface area is 160 Å². The number of nitrogens with one attached hydrogen (secondary N) is 1. The van der Waals surface area contributed by atoms with E-state index in [9.17, 15) is 13.2 Å². The average Bonchev–Trinajstić information content (AvgIpc) is 2.66. The van der Waals surface area contributed by atoms with Crippen molar-refractivity contribution in [2.24, 2.45) is 0 Å². The van der Waals surface area contributed by atoms with Crippen molar-refractivity contribution in [2.45, 2.75) is 31.9 Å². The standard InChI is InChI=1S/C20H24N2O4S/c1-3-20(23)22-11-5-7-16-9-10-17(13-19(16)22)21-27(24,25)14-15-6-4-8-18(12-15)26-2/h4,6,8-10,12-13,21H,3,5,7,11,14H2,1-2H3. The Hall–Kier alpha value is -2.54. The lowest BCUT2D eigenvalue weighted by molar-refractivity contribution is -0.118. The largest absolute Gasteiger partial charge is 0.497 e. The highest BCUT2D eigenvalue weighted by atomic mass is 32.2. The molecule has 2 aromatic rings. The van der Waals surface area contributed by atoms with Crippen molar-refractivity contribution in [3.63, 3.8) is 0 Å². The maximum atomic E-state index is 12.6. The Morgan fingerprint density at radius 3 is 2.78 bits per heavy atom. The number of carbonyl (C=O) groups is 1. The van der Waals surface area contributed by atoms with Gasteiger partial charge in [0.2, 0.25) is 15.9 Å². The first-order valence-corrected chi connectivity index (χ1v) is 10.6. The number of anilines is 2. The molecule has 1 heterocycles. The molecule has 0 aromatic heterocycles. The van der Waals surface area contributed by atoms with E-state index < -0.39 is 10.0 Å². The van der Waals surface area contributed by atoms with Crippen molar-refractivity contribution in [1.82, 2.24) is 0 Å². The molecule has 1 aliphatic rings. The lowest BCUT2D eigenvalue weighted by atomic mass is 10.0. The van der Waals surface area contributed by atoms with E-state index in [1.165, 1.54) is 0 Å². The van der Waals surface area contributed by atoms with Crippen molar-refractivity contribution in [3.8, 4) is 5.75 Å². The molecule has 0 spiro atoms. The van der Waals surface area contributed by atoms with Gasteiger partial charge in [0, 0.05) is 18.7 Å². The van der Waals surface area contributed by atoms with E-state index in [0.717, 1.165) is 24.1 Å². The van der Waals surface area contributed by atoms with E-state index in [1.807, 2.05) is 13.0 Å². The van der Waals surface area contributed by atoms with E-state index in [1.54, 1.807) is 48.4 Å². The summed E-state index contributed by atoms with van der Waals surface area (Å²) in [6.07, 6.45) is 2.23. The SMILES string of the molecule is CCC(=O)N1CCCc2ccc(NS(=O)(=O)Cc3cccc(OC)c3)cc21. The van der Waals surface area contributed by atoms with Gasteiger partial charge in [0.15, 0.2) is 0 Å². The minimum Gasteiger partial charge on any atom is -0.497 e. The van der Waals surface area contributed by atoms with Gasteiger partial charge < -0.3 is 9.64 Å². The van der Waals surface area contributed by atoms with Crippen molar-refractivity contribution in [1.29, 1.82) is 0 Å². The molecule has 27 heavy (non-hydrogen) atoms. The van der Waals surface area contributed by atoms with Crippen LogP contribution in [-0.2, 0) is 27.0 Å². The van der Waals surface area contributed by atoms with Crippen LogP contribution in [0.2, 0.25) is 0 Å². The highest BCUT2D eigenvalue weighted by molar-refractivity contribution is 7.91. The molecule has 2 aromatic carbocycles. The Morgan fingerprint density at radius 2 is 2.04 bits per heavy atom. The second kappa shape index (κ2) is 8.00. The van der Waals surface area contributed by atoms with Crippen LogP contribution in [-0.4, -0.2) is 28.0 Å². The van der Waals surface area contributed by atoms with Crippen LogP contribution in [0, 0.1) is 0 Å². The molecule has 0 saturated heterocycles. The van der Waals surface area contributed by atoms with Gasteiger partial charge >= 0.3 is 0 Å². The number of fused-ring (bicyclic) bond motifs is 1. The smallest absolute Gasteiger partial charge is 0.236 e. The topological polar surface area (TPSA) is 75.7 Å². The van der Waals surface area contributed by atoms with Gasteiger partial charge in [-0.05, 0) is 48.2 Å². The Balaban J connectivity index is 1.81. The van der Waals surface area contributed by atoms with E-state index in [4.69, 9.17) is 4.74 Å². The number of ether oxygens (including phenoxy) is 1. The molecule has 1 aliphatic heterocycles. The second-order valence-electron chi connectivity index (χ2n) is 6.56. The monoisotopic (exact) mass is 388 g/mol. The van der Waals surface area contributed by atoms with Gasteiger partial charge in [-0.2, -0.15) is 0 Å². The minimum atomic E-state index is -3.59. The van der Waals surface area contributed by atoms with Crippen LogP contribution >= 0.6 is 0 Å². The lowest BCUT2D eigenvalue weighted by Gasteiger charge is -2.29.